The Kier molecular flexibility index (Phi) is 14.8. The summed E-state index contributed by atoms with van der Waals surface area (Å²) in [6.07, 6.45) is -8.80. The van der Waals surface area contributed by atoms with E-state index < -0.39 is 111 Å². The van der Waals surface area contributed by atoms with E-state index in [4.69, 9.17) is 43.4 Å². The molecule has 1 unspecified atom stereocenters. The van der Waals surface area contributed by atoms with Gasteiger partial charge in [0, 0.05) is 46.2 Å². The smallest absolute Gasteiger partial charge is 0.325 e. The molecule has 0 radical (unpaired) electrons. The first kappa shape index (κ1) is 44.7. The van der Waals surface area contributed by atoms with Crippen molar-refractivity contribution < 1.29 is 71.6 Å². The van der Waals surface area contributed by atoms with Gasteiger partial charge in [0.25, 0.3) is 5.56 Å². The number of hydrogen-bond donors (Lipinski definition) is 4. The molecule has 9 atom stereocenters. The number of aliphatic hydroxyl groups is 2. The molecular weight excluding hydrogens is 767 g/mol. The normalized spacial score (nSPS) is 27.7. The molecule has 0 aliphatic carbocycles. The van der Waals surface area contributed by atoms with Crippen LogP contribution in [0.5, 0.6) is 0 Å². The largest absolute Gasteiger partial charge is 0.463 e. The molecule has 0 spiro atoms. The van der Waals surface area contributed by atoms with E-state index in [0.717, 1.165) is 27.7 Å². The second-order valence-corrected chi connectivity index (χ2v) is 16.3. The summed E-state index contributed by atoms with van der Waals surface area (Å²) in [6.45, 7) is 9.90. The number of H-pyrrole nitrogens is 1. The van der Waals surface area contributed by atoms with Gasteiger partial charge in [0.05, 0.1) is 25.9 Å². The minimum Gasteiger partial charge on any atom is -0.463 e. The fraction of sp³-hybridized carbons (Fsp3) is 0.727. The molecule has 2 aliphatic rings. The molecule has 4 heterocycles. The second kappa shape index (κ2) is 18.5. The number of fused-ring (bicyclic) bond motifs is 1. The molecule has 4 rings (SSSR count). The van der Waals surface area contributed by atoms with E-state index in [1.165, 1.54) is 10.9 Å². The zero-order valence-electron chi connectivity index (χ0n) is 32.4. The molecule has 2 saturated heterocycles. The standard InChI is InChI=1S/C33H51N6O16P/c1-16(2)39(17(3)4)56(47,33(12-22(45)23(13-40)55-33)38-15-35-25-29(38)36-32(34)37-30(25)46)50-11-9-10-48-31-28(53-21(8)44)27(52-20(7)43)26(51-19(6)42)24(54-31)14-49-18(5)41/h15-17,22-24,26-28,31,40,45H,9-14H2,1-8H3,(H3,34,36,37,46)/t22-,23+,24+,26+,27-,28+,31+,33-,56?/m0/s1. The van der Waals surface area contributed by atoms with Gasteiger partial charge in [0.15, 0.2) is 35.8 Å². The van der Waals surface area contributed by atoms with Gasteiger partial charge >= 0.3 is 31.4 Å². The van der Waals surface area contributed by atoms with Crippen LogP contribution in [0.25, 0.3) is 11.2 Å². The number of rotatable bonds is 17. The molecule has 314 valence electrons. The van der Waals surface area contributed by atoms with E-state index in [0.29, 0.717) is 0 Å². The van der Waals surface area contributed by atoms with E-state index in [9.17, 15) is 34.2 Å². The number of imidazole rings is 1. The van der Waals surface area contributed by atoms with Gasteiger partial charge < -0.3 is 53.6 Å². The van der Waals surface area contributed by atoms with E-state index in [1.54, 1.807) is 32.4 Å². The number of ether oxygens (including phenoxy) is 7. The van der Waals surface area contributed by atoms with Crippen LogP contribution < -0.4 is 11.3 Å². The number of nitrogens with one attached hydrogen (secondary N) is 1. The molecule has 2 aromatic heterocycles. The van der Waals surface area contributed by atoms with Gasteiger partial charge in [-0.1, -0.05) is 0 Å². The summed E-state index contributed by atoms with van der Waals surface area (Å²) in [5.41, 5.74) is 2.83. The Morgan fingerprint density at radius 3 is 2.16 bits per heavy atom. The molecule has 5 N–H and O–H groups in total. The zero-order valence-corrected chi connectivity index (χ0v) is 33.3. The highest BCUT2D eigenvalue weighted by molar-refractivity contribution is 7.57. The van der Waals surface area contributed by atoms with Crippen molar-refractivity contribution in [2.75, 3.05) is 32.2 Å². The summed E-state index contributed by atoms with van der Waals surface area (Å²) in [5.74, 6) is -3.37. The van der Waals surface area contributed by atoms with Crippen molar-refractivity contribution in [2.24, 2.45) is 0 Å². The minimum absolute atomic E-state index is 0.0154. The number of carbonyl (C=O) groups is 4. The Labute approximate surface area is 321 Å². The zero-order chi connectivity index (χ0) is 41.7. The number of aliphatic hydroxyl groups excluding tert-OH is 2. The maximum Gasteiger partial charge on any atom is 0.325 e. The van der Waals surface area contributed by atoms with Gasteiger partial charge in [-0.2, -0.15) is 4.98 Å². The van der Waals surface area contributed by atoms with Gasteiger partial charge in [-0.15, -0.1) is 0 Å². The fourth-order valence-corrected chi connectivity index (χ4v) is 10.3. The third kappa shape index (κ3) is 9.56. The minimum atomic E-state index is -4.45. The van der Waals surface area contributed by atoms with Gasteiger partial charge in [-0.3, -0.25) is 38.1 Å². The maximum atomic E-state index is 15.9. The number of nitrogens with two attached hydrogens (primary N) is 1. The highest BCUT2D eigenvalue weighted by Gasteiger charge is 2.64. The van der Waals surface area contributed by atoms with Gasteiger partial charge in [-0.05, 0) is 34.1 Å². The molecule has 2 aromatic rings. The van der Waals surface area contributed by atoms with Crippen LogP contribution in [0.2, 0.25) is 0 Å². The van der Waals surface area contributed by atoms with E-state index in [1.807, 2.05) is 0 Å². The summed E-state index contributed by atoms with van der Waals surface area (Å²) >= 11 is 0. The molecule has 23 heteroatoms. The van der Waals surface area contributed by atoms with E-state index in [2.05, 4.69) is 15.0 Å². The Hall–Kier alpha value is -4.02. The van der Waals surface area contributed by atoms with Crippen molar-refractivity contribution in [3.8, 4) is 0 Å². The molecule has 0 bridgehead atoms. The van der Waals surface area contributed by atoms with Crippen LogP contribution in [0.4, 0.5) is 5.95 Å². The number of hydrogen-bond acceptors (Lipinski definition) is 19. The predicted octanol–water partition coefficient (Wildman–Crippen LogP) is 0.273. The summed E-state index contributed by atoms with van der Waals surface area (Å²) in [6, 6.07) is -0.923. The Balaban J connectivity index is 1.68. The van der Waals surface area contributed by atoms with Crippen LogP contribution in [0.1, 0.15) is 68.2 Å². The molecule has 56 heavy (non-hydrogen) atoms. The third-order valence-electron chi connectivity index (χ3n) is 8.82. The first-order valence-electron chi connectivity index (χ1n) is 17.9. The van der Waals surface area contributed by atoms with Crippen molar-refractivity contribution in [3.05, 3.63) is 16.7 Å². The molecule has 0 saturated carbocycles. The van der Waals surface area contributed by atoms with Crippen molar-refractivity contribution in [2.45, 2.75) is 129 Å². The van der Waals surface area contributed by atoms with E-state index in [-0.39, 0.29) is 43.2 Å². The maximum absolute atomic E-state index is 15.9. The van der Waals surface area contributed by atoms with Crippen molar-refractivity contribution >= 4 is 48.5 Å². The molecule has 22 nitrogen and oxygen atoms in total. The Bertz CT molecular complexity index is 1830. The molecule has 0 amide bonds. The summed E-state index contributed by atoms with van der Waals surface area (Å²) < 4.78 is 64.7. The molecular formula is C33H51N6O16P. The van der Waals surface area contributed by atoms with Crippen molar-refractivity contribution in [1.82, 2.24) is 24.2 Å². The summed E-state index contributed by atoms with van der Waals surface area (Å²) in [5, 5.41) is 21.3. The van der Waals surface area contributed by atoms with Gasteiger partial charge in [0.1, 0.15) is 25.1 Å². The van der Waals surface area contributed by atoms with Gasteiger partial charge in [-0.25, -0.2) is 9.65 Å². The number of esters is 4. The lowest BCUT2D eigenvalue weighted by atomic mass is 9.98. The fourth-order valence-electron chi connectivity index (χ4n) is 6.91. The SMILES string of the molecule is CC(=O)OC[C@H]1O[C@@H](OCCCOP(=O)(N(C(C)C)C(C)C)[C@]2(n3cnc4c(=O)[nH]c(N)nc43)C[C@H](O)[C@@H](CO)O2)[C@H](OC(C)=O)[C@@H](OC(C)=O)[C@@H]1OC(C)=O. The van der Waals surface area contributed by atoms with Crippen LogP contribution in [-0.2, 0) is 66.9 Å². The highest BCUT2D eigenvalue weighted by atomic mass is 31.2. The third-order valence-corrected chi connectivity index (χ3v) is 12.3. The lowest BCUT2D eigenvalue weighted by Gasteiger charge is -2.46. The number of aromatic nitrogens is 4. The first-order chi connectivity index (χ1) is 26.3. The highest BCUT2D eigenvalue weighted by Crippen LogP contribution is 2.70. The van der Waals surface area contributed by atoms with Gasteiger partial charge in [0.2, 0.25) is 11.4 Å². The lowest BCUT2D eigenvalue weighted by Crippen LogP contribution is -2.63. The summed E-state index contributed by atoms with van der Waals surface area (Å²) in [4.78, 5) is 71.7. The predicted molar refractivity (Wildman–Crippen MR) is 191 cm³/mol. The topological polar surface area (TPSA) is 292 Å². The molecule has 0 aromatic carbocycles. The average Bonchev–Trinajstić information content (AvgIpc) is 3.67. The number of aromatic amines is 1. The van der Waals surface area contributed by atoms with Crippen molar-refractivity contribution in [1.29, 1.82) is 0 Å². The first-order valence-corrected chi connectivity index (χ1v) is 19.5. The quantitative estimate of drug-likeness (QED) is 0.0721. The number of carbonyl (C=O) groups excluding carboxylic acids is 4. The van der Waals surface area contributed by atoms with Crippen LogP contribution in [0, 0.1) is 0 Å². The van der Waals surface area contributed by atoms with Crippen LogP contribution in [-0.4, -0.2) is 140 Å². The Morgan fingerprint density at radius 1 is 1.00 bits per heavy atom. The monoisotopic (exact) mass is 818 g/mol. The second-order valence-electron chi connectivity index (χ2n) is 13.8. The van der Waals surface area contributed by atoms with E-state index >= 15 is 4.57 Å². The molecule has 2 aliphatic heterocycles. The summed E-state index contributed by atoms with van der Waals surface area (Å²) in [7, 11) is -4.45. The van der Waals surface area contributed by atoms with Crippen LogP contribution in [0.15, 0.2) is 11.1 Å². The van der Waals surface area contributed by atoms with Crippen LogP contribution in [0.3, 0.4) is 0 Å². The number of anilines is 1. The number of nitrogen functional groups attached to an aromatic ring is 1. The Morgan fingerprint density at radius 2 is 1.61 bits per heavy atom. The molecule has 2 fully saturated rings. The van der Waals surface area contributed by atoms with Crippen LogP contribution >= 0.6 is 7.52 Å². The van der Waals surface area contributed by atoms with Crippen molar-refractivity contribution in [3.63, 3.8) is 0 Å². The number of nitrogens with zero attached hydrogens (tertiary/aromatic N) is 4. The average molecular weight is 819 g/mol. The lowest BCUT2D eigenvalue weighted by molar-refractivity contribution is -0.308.